The molecule has 3 heterocycles. The van der Waals surface area contributed by atoms with Gasteiger partial charge in [-0.3, -0.25) is 4.79 Å². The molecule has 5 rings (SSSR count). The number of nitrogens with one attached hydrogen (secondary N) is 1. The van der Waals surface area contributed by atoms with Crippen molar-refractivity contribution >= 4 is 40.8 Å². The highest BCUT2D eigenvalue weighted by Crippen LogP contribution is 2.39. The first-order chi connectivity index (χ1) is 17.4. The molecule has 1 N–H and O–H groups in total. The van der Waals surface area contributed by atoms with Gasteiger partial charge in [0, 0.05) is 43.1 Å². The van der Waals surface area contributed by atoms with Crippen molar-refractivity contribution in [2.75, 3.05) is 36.4 Å². The Hall–Kier alpha value is -2.91. The Balaban J connectivity index is 1.34. The van der Waals surface area contributed by atoms with Crippen LogP contribution < -0.4 is 10.2 Å². The van der Waals surface area contributed by atoms with Crippen molar-refractivity contribution in [1.29, 1.82) is 0 Å². The fourth-order valence-electron chi connectivity index (χ4n) is 4.73. The fraction of sp³-hybridized carbons (Fsp3) is 0.346. The Bertz CT molecular complexity index is 1290. The molecule has 1 unspecified atom stereocenters. The minimum Gasteiger partial charge on any atom is -0.365 e. The largest absolute Gasteiger partial charge is 0.365 e. The average Bonchev–Trinajstić information content (AvgIpc) is 3.44. The number of rotatable bonds is 6. The number of thioether (sulfide) groups is 1. The summed E-state index contributed by atoms with van der Waals surface area (Å²) < 4.78 is 28.7. The second-order valence-electron chi connectivity index (χ2n) is 8.96. The molecule has 0 saturated carbocycles. The minimum atomic E-state index is -0.648. The van der Waals surface area contributed by atoms with E-state index in [1.54, 1.807) is 6.92 Å². The second kappa shape index (κ2) is 10.6. The van der Waals surface area contributed by atoms with E-state index in [1.807, 2.05) is 40.1 Å². The third kappa shape index (κ3) is 4.99. The molecule has 2 aliphatic rings. The van der Waals surface area contributed by atoms with Gasteiger partial charge in [0.15, 0.2) is 5.82 Å². The second-order valence-corrected chi connectivity index (χ2v) is 10.3. The summed E-state index contributed by atoms with van der Waals surface area (Å²) in [6.45, 7) is 4.59. The van der Waals surface area contributed by atoms with Gasteiger partial charge in [-0.2, -0.15) is 0 Å². The average molecular weight is 530 g/mol. The summed E-state index contributed by atoms with van der Waals surface area (Å²) in [7, 11) is 0. The molecule has 1 amide bonds. The molecule has 0 bridgehead atoms. The summed E-state index contributed by atoms with van der Waals surface area (Å²) in [5.41, 5.74) is 2.59. The van der Waals surface area contributed by atoms with Crippen LogP contribution in [0.25, 0.3) is 0 Å². The number of halogens is 3. The van der Waals surface area contributed by atoms with Crippen LogP contribution >= 0.6 is 23.4 Å². The van der Waals surface area contributed by atoms with Crippen LogP contribution in [0.1, 0.15) is 47.3 Å². The number of aromatic nitrogens is 2. The van der Waals surface area contributed by atoms with Gasteiger partial charge in [-0.15, -0.1) is 10.2 Å². The third-order valence-electron chi connectivity index (χ3n) is 6.62. The van der Waals surface area contributed by atoms with Gasteiger partial charge < -0.3 is 15.1 Å². The Morgan fingerprint density at radius 2 is 1.89 bits per heavy atom. The molecule has 1 aromatic heterocycles. The Kier molecular flexibility index (Phi) is 7.29. The lowest BCUT2D eigenvalue weighted by Gasteiger charge is -2.36. The zero-order valence-electron chi connectivity index (χ0n) is 19.8. The molecule has 1 fully saturated rings. The van der Waals surface area contributed by atoms with E-state index in [0.29, 0.717) is 35.2 Å². The van der Waals surface area contributed by atoms with Crippen molar-refractivity contribution in [3.8, 4) is 0 Å². The first-order valence-electron chi connectivity index (χ1n) is 11.9. The van der Waals surface area contributed by atoms with Crippen LogP contribution in [0, 0.1) is 11.6 Å². The predicted octanol–water partition coefficient (Wildman–Crippen LogP) is 5.93. The zero-order chi connectivity index (χ0) is 25.2. The zero-order valence-corrected chi connectivity index (χ0v) is 21.4. The van der Waals surface area contributed by atoms with Gasteiger partial charge in [-0.25, -0.2) is 8.78 Å². The van der Waals surface area contributed by atoms with Crippen LogP contribution in [-0.4, -0.2) is 47.2 Å². The van der Waals surface area contributed by atoms with Gasteiger partial charge in [0.25, 0.3) is 5.91 Å². The summed E-state index contributed by atoms with van der Waals surface area (Å²) in [5, 5.41) is 12.4. The van der Waals surface area contributed by atoms with Crippen LogP contribution in [-0.2, 0) is 5.75 Å². The van der Waals surface area contributed by atoms with E-state index in [9.17, 15) is 13.6 Å². The number of nitrogens with zero attached hydrogens (tertiary/aromatic N) is 4. The first-order valence-corrected chi connectivity index (χ1v) is 13.3. The molecule has 2 aromatic carbocycles. The van der Waals surface area contributed by atoms with Crippen LogP contribution in [0.5, 0.6) is 0 Å². The monoisotopic (exact) mass is 529 g/mol. The molecule has 36 heavy (non-hydrogen) atoms. The number of likely N-dealkylation sites (tertiary alicyclic amines) is 1. The standard InChI is InChI=1S/C26H26ClF2N5OS/c1-16(23-19(28)7-8-20(29)24(23)27)34-12-9-30-25-21(34)14-22(31-32-25)36-15-17-5-4-6-18(13-17)26(35)33-10-2-3-11-33/h4-8,13-14,16H,2-3,9-12,15H2,1H3,(H,30,32). The topological polar surface area (TPSA) is 61.4 Å². The smallest absolute Gasteiger partial charge is 0.253 e. The van der Waals surface area contributed by atoms with E-state index in [0.717, 1.165) is 49.3 Å². The molecule has 0 spiro atoms. The maximum Gasteiger partial charge on any atom is 0.253 e. The van der Waals surface area contributed by atoms with Gasteiger partial charge >= 0.3 is 0 Å². The SMILES string of the molecule is CC(c1c(F)ccc(F)c1Cl)N1CCNc2nnc(SCc3cccc(C(=O)N4CCCC4)c3)cc21. The highest BCUT2D eigenvalue weighted by Gasteiger charge is 2.28. The Morgan fingerprint density at radius 1 is 1.11 bits per heavy atom. The molecule has 1 saturated heterocycles. The van der Waals surface area contributed by atoms with Gasteiger partial charge in [0.05, 0.1) is 16.8 Å². The van der Waals surface area contributed by atoms with Gasteiger partial charge in [-0.1, -0.05) is 35.5 Å². The van der Waals surface area contributed by atoms with Crippen LogP contribution in [0.3, 0.4) is 0 Å². The maximum atomic E-state index is 14.6. The Labute approximate surface area is 218 Å². The molecule has 188 valence electrons. The molecule has 0 aliphatic carbocycles. The predicted molar refractivity (Wildman–Crippen MR) is 139 cm³/mol. The van der Waals surface area contributed by atoms with E-state index < -0.39 is 17.7 Å². The molecule has 1 atom stereocenters. The van der Waals surface area contributed by atoms with Crippen LogP contribution in [0.2, 0.25) is 5.02 Å². The van der Waals surface area contributed by atoms with Crippen molar-refractivity contribution in [2.24, 2.45) is 0 Å². The third-order valence-corrected chi connectivity index (χ3v) is 7.98. The molecular weight excluding hydrogens is 504 g/mol. The van der Waals surface area contributed by atoms with Crippen molar-refractivity contribution in [2.45, 2.75) is 36.6 Å². The van der Waals surface area contributed by atoms with Gasteiger partial charge in [0.2, 0.25) is 0 Å². The van der Waals surface area contributed by atoms with Crippen molar-refractivity contribution in [3.63, 3.8) is 0 Å². The highest BCUT2D eigenvalue weighted by atomic mass is 35.5. The lowest BCUT2D eigenvalue weighted by Crippen LogP contribution is -2.37. The minimum absolute atomic E-state index is 0.0758. The number of anilines is 2. The first kappa shape index (κ1) is 24.8. The molecule has 6 nitrogen and oxygen atoms in total. The number of benzene rings is 2. The summed E-state index contributed by atoms with van der Waals surface area (Å²) >= 11 is 7.65. The molecule has 3 aromatic rings. The molecule has 2 aliphatic heterocycles. The van der Waals surface area contributed by atoms with Crippen molar-refractivity contribution in [1.82, 2.24) is 15.1 Å². The number of carbonyl (C=O) groups excluding carboxylic acids is 1. The lowest BCUT2D eigenvalue weighted by molar-refractivity contribution is 0.0792. The van der Waals surface area contributed by atoms with E-state index in [2.05, 4.69) is 15.5 Å². The number of amides is 1. The van der Waals surface area contributed by atoms with Crippen LogP contribution in [0.4, 0.5) is 20.3 Å². The quantitative estimate of drug-likeness (QED) is 0.315. The summed E-state index contributed by atoms with van der Waals surface area (Å²) in [4.78, 5) is 16.6. The molecule has 10 heteroatoms. The Morgan fingerprint density at radius 3 is 2.69 bits per heavy atom. The molecule has 0 radical (unpaired) electrons. The summed E-state index contributed by atoms with van der Waals surface area (Å²) in [6, 6.07) is 11.2. The lowest BCUT2D eigenvalue weighted by atomic mass is 10.0. The number of hydrogen-bond acceptors (Lipinski definition) is 6. The van der Waals surface area contributed by atoms with E-state index >= 15 is 0 Å². The summed E-state index contributed by atoms with van der Waals surface area (Å²) in [5.74, 6) is 0.0799. The van der Waals surface area contributed by atoms with Crippen LogP contribution in [0.15, 0.2) is 47.5 Å². The molecular formula is C26H26ClF2N5OS. The summed E-state index contributed by atoms with van der Waals surface area (Å²) in [6.07, 6.45) is 2.11. The van der Waals surface area contributed by atoms with E-state index in [4.69, 9.17) is 11.6 Å². The number of carbonyl (C=O) groups is 1. The highest BCUT2D eigenvalue weighted by molar-refractivity contribution is 7.98. The van der Waals surface area contributed by atoms with Gasteiger partial charge in [0.1, 0.15) is 16.7 Å². The van der Waals surface area contributed by atoms with Crippen molar-refractivity contribution in [3.05, 3.63) is 75.8 Å². The number of fused-ring (bicyclic) bond motifs is 1. The van der Waals surface area contributed by atoms with E-state index in [-0.39, 0.29) is 16.5 Å². The maximum absolute atomic E-state index is 14.6. The van der Waals surface area contributed by atoms with E-state index in [1.165, 1.54) is 11.8 Å². The normalized spacial score (nSPS) is 16.0. The number of hydrogen-bond donors (Lipinski definition) is 1. The fourth-order valence-corrected chi connectivity index (χ4v) is 5.83. The van der Waals surface area contributed by atoms with Crippen molar-refractivity contribution < 1.29 is 13.6 Å². The van der Waals surface area contributed by atoms with Gasteiger partial charge in [-0.05, 0) is 55.7 Å².